The molecule has 0 rings (SSSR count). The Morgan fingerprint density at radius 3 is 2.40 bits per heavy atom. The first-order valence-electron chi connectivity index (χ1n) is 5.38. The highest BCUT2D eigenvalue weighted by molar-refractivity contribution is 5.78. The lowest BCUT2D eigenvalue weighted by Crippen LogP contribution is -2.45. The Morgan fingerprint density at radius 1 is 1.47 bits per heavy atom. The molecule has 0 aromatic rings. The molecule has 0 spiro atoms. The van der Waals surface area contributed by atoms with Gasteiger partial charge in [0.1, 0.15) is 0 Å². The molecule has 0 aromatic carbocycles. The van der Waals surface area contributed by atoms with Gasteiger partial charge in [-0.15, -0.1) is 0 Å². The molecule has 15 heavy (non-hydrogen) atoms. The van der Waals surface area contributed by atoms with Crippen LogP contribution in [-0.4, -0.2) is 47.7 Å². The number of aliphatic hydroxyl groups is 1. The maximum atomic E-state index is 11.5. The highest BCUT2D eigenvalue weighted by Crippen LogP contribution is 1.99. The Bertz CT molecular complexity index is 197. The van der Waals surface area contributed by atoms with Crippen LogP contribution in [0.2, 0.25) is 0 Å². The number of carbonyl (C=O) groups excluding carboxylic acids is 1. The third kappa shape index (κ3) is 9.69. The molecule has 0 saturated heterocycles. The normalized spacial score (nSPS) is 14.1. The van der Waals surface area contributed by atoms with Crippen LogP contribution in [0.4, 0.5) is 0 Å². The highest BCUT2D eigenvalue weighted by Gasteiger charge is 2.14. The van der Waals surface area contributed by atoms with Crippen molar-refractivity contribution in [3.05, 3.63) is 0 Å². The van der Waals surface area contributed by atoms with Crippen molar-refractivity contribution in [1.82, 2.24) is 10.2 Å². The lowest BCUT2D eigenvalue weighted by Gasteiger charge is -2.23. The average molecular weight is 216 g/mol. The van der Waals surface area contributed by atoms with E-state index in [-0.39, 0.29) is 17.6 Å². The maximum absolute atomic E-state index is 11.5. The zero-order valence-corrected chi connectivity index (χ0v) is 10.5. The van der Waals surface area contributed by atoms with Gasteiger partial charge >= 0.3 is 0 Å². The number of nitrogens with one attached hydrogen (secondary N) is 1. The van der Waals surface area contributed by atoms with Gasteiger partial charge in [-0.2, -0.15) is 0 Å². The number of carbonyl (C=O) groups is 1. The van der Waals surface area contributed by atoms with E-state index in [1.165, 1.54) is 0 Å². The molecule has 0 bridgehead atoms. The van der Waals surface area contributed by atoms with Crippen molar-refractivity contribution in [2.45, 2.75) is 45.8 Å². The predicted molar refractivity (Wildman–Crippen MR) is 61.7 cm³/mol. The minimum absolute atomic E-state index is 0.0237. The van der Waals surface area contributed by atoms with E-state index in [1.807, 2.05) is 32.7 Å². The second-order valence-corrected chi connectivity index (χ2v) is 5.17. The van der Waals surface area contributed by atoms with Crippen molar-refractivity contribution in [2.75, 3.05) is 20.1 Å². The summed E-state index contributed by atoms with van der Waals surface area (Å²) in [6, 6.07) is 0. The zero-order valence-electron chi connectivity index (χ0n) is 10.5. The summed E-state index contributed by atoms with van der Waals surface area (Å²) in [5, 5.41) is 12.0. The summed E-state index contributed by atoms with van der Waals surface area (Å²) in [4.78, 5) is 13.4. The van der Waals surface area contributed by atoms with E-state index in [9.17, 15) is 4.79 Å². The van der Waals surface area contributed by atoms with Crippen molar-refractivity contribution in [2.24, 2.45) is 0 Å². The van der Waals surface area contributed by atoms with Crippen molar-refractivity contribution < 1.29 is 9.90 Å². The minimum Gasteiger partial charge on any atom is -0.393 e. The van der Waals surface area contributed by atoms with Gasteiger partial charge in [0.05, 0.1) is 12.6 Å². The zero-order chi connectivity index (χ0) is 12.1. The second-order valence-electron chi connectivity index (χ2n) is 5.17. The van der Waals surface area contributed by atoms with Crippen LogP contribution in [-0.2, 0) is 4.79 Å². The fraction of sp³-hybridized carbons (Fsp3) is 0.909. The van der Waals surface area contributed by atoms with Crippen molar-refractivity contribution in [3.8, 4) is 0 Å². The van der Waals surface area contributed by atoms with Gasteiger partial charge in [-0.05, 0) is 41.2 Å². The van der Waals surface area contributed by atoms with Gasteiger partial charge in [0, 0.05) is 12.1 Å². The first-order chi connectivity index (χ1) is 6.70. The third-order valence-corrected chi connectivity index (χ3v) is 1.86. The molecule has 1 atom stereocenters. The molecule has 0 aliphatic heterocycles. The molecule has 2 N–H and O–H groups in total. The summed E-state index contributed by atoms with van der Waals surface area (Å²) in [5.74, 6) is 0.0237. The summed E-state index contributed by atoms with van der Waals surface area (Å²) in [6.07, 6.45) is 0.386. The van der Waals surface area contributed by atoms with Crippen LogP contribution in [0.25, 0.3) is 0 Å². The van der Waals surface area contributed by atoms with Crippen molar-refractivity contribution in [3.63, 3.8) is 0 Å². The van der Waals surface area contributed by atoms with E-state index < -0.39 is 0 Å². The van der Waals surface area contributed by atoms with E-state index in [2.05, 4.69) is 5.32 Å². The monoisotopic (exact) mass is 216 g/mol. The van der Waals surface area contributed by atoms with Crippen LogP contribution in [0, 0.1) is 0 Å². The first kappa shape index (κ1) is 14.4. The molecule has 1 amide bonds. The molecule has 0 aliphatic carbocycles. The first-order valence-corrected chi connectivity index (χ1v) is 5.38. The molecule has 0 aliphatic rings. The minimum atomic E-state index is -0.307. The summed E-state index contributed by atoms with van der Waals surface area (Å²) >= 11 is 0. The largest absolute Gasteiger partial charge is 0.393 e. The molecule has 0 heterocycles. The average Bonchev–Trinajstić information content (AvgIpc) is 1.96. The number of hydrogen-bond donors (Lipinski definition) is 2. The Morgan fingerprint density at radius 2 is 2.00 bits per heavy atom. The smallest absolute Gasteiger partial charge is 0.234 e. The molecule has 0 aromatic heterocycles. The van der Waals surface area contributed by atoms with Crippen LogP contribution in [0.5, 0.6) is 0 Å². The van der Waals surface area contributed by atoms with Crippen molar-refractivity contribution in [1.29, 1.82) is 0 Å². The van der Waals surface area contributed by atoms with E-state index >= 15 is 0 Å². The molecule has 90 valence electrons. The molecule has 0 saturated carbocycles. The molecule has 1 unspecified atom stereocenters. The van der Waals surface area contributed by atoms with Gasteiger partial charge in [0.25, 0.3) is 0 Å². The summed E-state index contributed by atoms with van der Waals surface area (Å²) in [7, 11) is 1.88. The van der Waals surface area contributed by atoms with Crippen LogP contribution < -0.4 is 5.32 Å². The van der Waals surface area contributed by atoms with Crippen molar-refractivity contribution >= 4 is 5.91 Å². The van der Waals surface area contributed by atoms with Gasteiger partial charge in [-0.3, -0.25) is 9.69 Å². The lowest BCUT2D eigenvalue weighted by atomic mass is 10.1. The summed E-state index contributed by atoms with van der Waals surface area (Å²) in [6.45, 7) is 8.74. The number of hydrogen-bond acceptors (Lipinski definition) is 3. The SMILES string of the molecule is CC(O)CCN(C)CC(=O)NC(C)(C)C. The molecule has 4 heteroatoms. The van der Waals surface area contributed by atoms with Gasteiger partial charge in [-0.1, -0.05) is 0 Å². The number of amides is 1. The Hall–Kier alpha value is -0.610. The molecule has 0 fully saturated rings. The van der Waals surface area contributed by atoms with Gasteiger partial charge < -0.3 is 10.4 Å². The van der Waals surface area contributed by atoms with E-state index in [0.29, 0.717) is 13.0 Å². The Balaban J connectivity index is 3.77. The van der Waals surface area contributed by atoms with E-state index in [0.717, 1.165) is 6.54 Å². The van der Waals surface area contributed by atoms with Crippen LogP contribution in [0.15, 0.2) is 0 Å². The Kier molecular flexibility index (Phi) is 5.83. The van der Waals surface area contributed by atoms with Gasteiger partial charge in [-0.25, -0.2) is 0 Å². The second kappa shape index (κ2) is 6.08. The highest BCUT2D eigenvalue weighted by atomic mass is 16.3. The van der Waals surface area contributed by atoms with Crippen LogP contribution >= 0.6 is 0 Å². The molecule has 4 nitrogen and oxygen atoms in total. The third-order valence-electron chi connectivity index (χ3n) is 1.86. The van der Waals surface area contributed by atoms with Crippen LogP contribution in [0.1, 0.15) is 34.1 Å². The lowest BCUT2D eigenvalue weighted by molar-refractivity contribution is -0.123. The number of nitrogens with zero attached hydrogens (tertiary/aromatic N) is 1. The molecular weight excluding hydrogens is 192 g/mol. The quantitative estimate of drug-likeness (QED) is 0.708. The standard InChI is InChI=1S/C11H24N2O2/c1-9(14)6-7-13(5)8-10(15)12-11(2,3)4/h9,14H,6-8H2,1-5H3,(H,12,15). The van der Waals surface area contributed by atoms with Crippen LogP contribution in [0.3, 0.4) is 0 Å². The number of aliphatic hydroxyl groups excluding tert-OH is 1. The fourth-order valence-corrected chi connectivity index (χ4v) is 1.19. The van der Waals surface area contributed by atoms with Gasteiger partial charge in [0.2, 0.25) is 5.91 Å². The van der Waals surface area contributed by atoms with E-state index in [1.54, 1.807) is 6.92 Å². The fourth-order valence-electron chi connectivity index (χ4n) is 1.19. The number of likely N-dealkylation sites (N-methyl/N-ethyl adjacent to an activating group) is 1. The summed E-state index contributed by atoms with van der Waals surface area (Å²) < 4.78 is 0. The Labute approximate surface area is 92.7 Å². The summed E-state index contributed by atoms with van der Waals surface area (Å²) in [5.41, 5.74) is -0.178. The van der Waals surface area contributed by atoms with Gasteiger partial charge in [0.15, 0.2) is 0 Å². The predicted octanol–water partition coefficient (Wildman–Crippen LogP) is 0.604. The topological polar surface area (TPSA) is 52.6 Å². The molecular formula is C11H24N2O2. The maximum Gasteiger partial charge on any atom is 0.234 e. The number of rotatable bonds is 5. The molecule has 0 radical (unpaired) electrons. The van der Waals surface area contributed by atoms with E-state index in [4.69, 9.17) is 5.11 Å².